The zero-order chi connectivity index (χ0) is 24.6. The number of aryl methyl sites for hydroxylation is 1. The molecule has 0 fully saturated rings. The van der Waals surface area contributed by atoms with Gasteiger partial charge < -0.3 is 15.4 Å². The molecule has 8 heteroatoms. The van der Waals surface area contributed by atoms with E-state index in [1.165, 1.54) is 23.1 Å². The van der Waals surface area contributed by atoms with Gasteiger partial charge in [0.05, 0.1) is 18.1 Å². The number of thiazole rings is 1. The van der Waals surface area contributed by atoms with Crippen molar-refractivity contribution in [2.24, 2.45) is 0 Å². The number of amides is 2. The number of nitrogens with one attached hydrogen (secondary N) is 2. The molecule has 0 atom stereocenters. The molecule has 0 unspecified atom stereocenters. The van der Waals surface area contributed by atoms with Crippen LogP contribution < -0.4 is 15.4 Å². The number of hydrogen-bond acceptors (Lipinski definition) is 6. The second kappa shape index (κ2) is 11.7. The maximum atomic E-state index is 12.5. The first-order chi connectivity index (χ1) is 17.0. The number of ether oxygens (including phenoxy) is 1. The Hall–Kier alpha value is -3.62. The molecule has 2 N–H and O–H groups in total. The monoisotopic (exact) mass is 503 g/mol. The Bertz CT molecular complexity index is 1300. The van der Waals surface area contributed by atoms with Crippen LogP contribution in [0.4, 0.5) is 10.8 Å². The van der Waals surface area contributed by atoms with Crippen LogP contribution in [-0.4, -0.2) is 29.2 Å². The van der Waals surface area contributed by atoms with E-state index in [0.717, 1.165) is 27.5 Å². The minimum Gasteiger partial charge on any atom is -0.494 e. The van der Waals surface area contributed by atoms with Crippen LogP contribution in [0.15, 0.2) is 83.1 Å². The van der Waals surface area contributed by atoms with Crippen molar-refractivity contribution in [1.82, 2.24) is 4.98 Å². The molecule has 0 aliphatic carbocycles. The van der Waals surface area contributed by atoms with Gasteiger partial charge in [-0.25, -0.2) is 4.98 Å². The minimum atomic E-state index is -0.143. The number of hydrogen-bond donors (Lipinski definition) is 2. The average molecular weight is 504 g/mol. The third-order valence-corrected chi connectivity index (χ3v) is 6.85. The molecule has 2 amide bonds. The first kappa shape index (κ1) is 24.5. The Balaban J connectivity index is 1.27. The van der Waals surface area contributed by atoms with Crippen molar-refractivity contribution >= 4 is 45.7 Å². The van der Waals surface area contributed by atoms with Gasteiger partial charge in [0, 0.05) is 27.1 Å². The van der Waals surface area contributed by atoms with Gasteiger partial charge in [0.15, 0.2) is 5.13 Å². The highest BCUT2D eigenvalue weighted by molar-refractivity contribution is 8.00. The van der Waals surface area contributed by atoms with Crippen LogP contribution in [-0.2, 0) is 4.79 Å². The Kier molecular flexibility index (Phi) is 8.18. The third kappa shape index (κ3) is 6.71. The highest BCUT2D eigenvalue weighted by Gasteiger charge is 2.11. The quantitative estimate of drug-likeness (QED) is 0.255. The van der Waals surface area contributed by atoms with Gasteiger partial charge in [-0.1, -0.05) is 18.2 Å². The fourth-order valence-electron chi connectivity index (χ4n) is 3.32. The van der Waals surface area contributed by atoms with E-state index in [4.69, 9.17) is 4.74 Å². The maximum Gasteiger partial charge on any atom is 0.255 e. The van der Waals surface area contributed by atoms with E-state index < -0.39 is 0 Å². The lowest BCUT2D eigenvalue weighted by Crippen LogP contribution is -2.14. The lowest BCUT2D eigenvalue weighted by molar-refractivity contribution is -0.113. The molecule has 0 aliphatic rings. The molecular formula is C27H25N3O3S2. The number of benzene rings is 3. The van der Waals surface area contributed by atoms with Crippen LogP contribution in [0.3, 0.4) is 0 Å². The van der Waals surface area contributed by atoms with E-state index in [1.807, 2.05) is 86.0 Å². The van der Waals surface area contributed by atoms with E-state index >= 15 is 0 Å². The lowest BCUT2D eigenvalue weighted by Gasteiger charge is -2.08. The summed E-state index contributed by atoms with van der Waals surface area (Å²) in [6.07, 6.45) is 0. The van der Waals surface area contributed by atoms with Crippen LogP contribution in [0, 0.1) is 6.92 Å². The zero-order valence-corrected chi connectivity index (χ0v) is 21.0. The van der Waals surface area contributed by atoms with Gasteiger partial charge in [-0.05, 0) is 74.0 Å². The number of nitrogens with zero attached hydrogens (tertiary/aromatic N) is 1. The summed E-state index contributed by atoms with van der Waals surface area (Å²) in [7, 11) is 0. The first-order valence-electron chi connectivity index (χ1n) is 11.1. The Morgan fingerprint density at radius 3 is 2.43 bits per heavy atom. The minimum absolute atomic E-state index is 0.125. The van der Waals surface area contributed by atoms with Crippen molar-refractivity contribution in [2.75, 3.05) is 23.0 Å². The molecule has 0 spiro atoms. The Morgan fingerprint density at radius 1 is 0.971 bits per heavy atom. The number of thioether (sulfide) groups is 1. The molecule has 6 nitrogen and oxygen atoms in total. The molecule has 178 valence electrons. The van der Waals surface area contributed by atoms with E-state index in [9.17, 15) is 9.59 Å². The third-order valence-electron chi connectivity index (χ3n) is 5.08. The number of aromatic nitrogens is 1. The summed E-state index contributed by atoms with van der Waals surface area (Å²) in [4.78, 5) is 30.3. The molecule has 3 aromatic carbocycles. The SMILES string of the molecule is CCOc1ccc(-c2csc(NC(=O)CSc3ccc(NC(=O)c4ccccc4C)cc3)n2)cc1. The predicted molar refractivity (Wildman–Crippen MR) is 144 cm³/mol. The summed E-state index contributed by atoms with van der Waals surface area (Å²) < 4.78 is 5.47. The van der Waals surface area contributed by atoms with E-state index in [0.29, 0.717) is 23.0 Å². The summed E-state index contributed by atoms with van der Waals surface area (Å²) >= 11 is 2.81. The maximum absolute atomic E-state index is 12.5. The molecule has 0 saturated heterocycles. The molecule has 0 aliphatic heterocycles. The van der Waals surface area contributed by atoms with Crippen molar-refractivity contribution in [3.05, 3.63) is 89.3 Å². The lowest BCUT2D eigenvalue weighted by atomic mass is 10.1. The molecule has 0 radical (unpaired) electrons. The smallest absolute Gasteiger partial charge is 0.255 e. The second-order valence-corrected chi connectivity index (χ2v) is 9.53. The molecule has 1 heterocycles. The predicted octanol–water partition coefficient (Wildman–Crippen LogP) is 6.50. The Labute approximate surface area is 212 Å². The molecule has 35 heavy (non-hydrogen) atoms. The van der Waals surface area contributed by atoms with Gasteiger partial charge in [0.2, 0.25) is 5.91 Å². The van der Waals surface area contributed by atoms with Crippen LogP contribution in [0.1, 0.15) is 22.8 Å². The van der Waals surface area contributed by atoms with Gasteiger partial charge in [0.1, 0.15) is 5.75 Å². The topological polar surface area (TPSA) is 80.3 Å². The molecule has 4 aromatic rings. The summed E-state index contributed by atoms with van der Waals surface area (Å²) in [6, 6.07) is 22.6. The van der Waals surface area contributed by atoms with Crippen LogP contribution in [0.5, 0.6) is 5.75 Å². The van der Waals surface area contributed by atoms with Crippen molar-refractivity contribution in [1.29, 1.82) is 0 Å². The van der Waals surface area contributed by atoms with Crippen molar-refractivity contribution in [2.45, 2.75) is 18.7 Å². The van der Waals surface area contributed by atoms with Crippen molar-refractivity contribution in [3.63, 3.8) is 0 Å². The van der Waals surface area contributed by atoms with E-state index in [1.54, 1.807) is 6.07 Å². The van der Waals surface area contributed by atoms with Crippen molar-refractivity contribution in [3.8, 4) is 17.0 Å². The highest BCUT2D eigenvalue weighted by atomic mass is 32.2. The molecule has 4 rings (SSSR count). The van der Waals surface area contributed by atoms with E-state index in [2.05, 4.69) is 15.6 Å². The number of anilines is 2. The summed E-state index contributed by atoms with van der Waals surface area (Å²) in [5.74, 6) is 0.807. The van der Waals surface area contributed by atoms with Gasteiger partial charge in [-0.2, -0.15) is 0 Å². The molecular weight excluding hydrogens is 478 g/mol. The average Bonchev–Trinajstić information content (AvgIpc) is 3.33. The van der Waals surface area contributed by atoms with Gasteiger partial charge in [-0.3, -0.25) is 9.59 Å². The standard InChI is InChI=1S/C27H25N3O3S2/c1-3-33-21-12-8-19(9-13-21)24-16-35-27(29-24)30-25(31)17-34-22-14-10-20(11-15-22)28-26(32)23-7-5-4-6-18(23)2/h4-16H,3,17H2,1-2H3,(H,28,32)(H,29,30,31). The first-order valence-corrected chi connectivity index (χ1v) is 13.0. The van der Waals surface area contributed by atoms with Gasteiger partial charge in [0.25, 0.3) is 5.91 Å². The number of rotatable bonds is 9. The fraction of sp³-hybridized carbons (Fsp3) is 0.148. The number of carbonyl (C=O) groups is 2. The van der Waals surface area contributed by atoms with Crippen LogP contribution >= 0.6 is 23.1 Å². The summed E-state index contributed by atoms with van der Waals surface area (Å²) in [6.45, 7) is 4.48. The van der Waals surface area contributed by atoms with Crippen molar-refractivity contribution < 1.29 is 14.3 Å². The zero-order valence-electron chi connectivity index (χ0n) is 19.4. The molecule has 1 aromatic heterocycles. The number of carbonyl (C=O) groups excluding carboxylic acids is 2. The summed E-state index contributed by atoms with van der Waals surface area (Å²) in [5.41, 5.74) is 4.06. The summed E-state index contributed by atoms with van der Waals surface area (Å²) in [5, 5.41) is 8.25. The molecule has 0 bridgehead atoms. The van der Waals surface area contributed by atoms with Crippen LogP contribution in [0.2, 0.25) is 0 Å². The largest absolute Gasteiger partial charge is 0.494 e. The second-order valence-electron chi connectivity index (χ2n) is 7.63. The van der Waals surface area contributed by atoms with Gasteiger partial charge in [-0.15, -0.1) is 23.1 Å². The highest BCUT2D eigenvalue weighted by Crippen LogP contribution is 2.27. The normalized spacial score (nSPS) is 10.6. The molecule has 0 saturated carbocycles. The fourth-order valence-corrected chi connectivity index (χ4v) is 4.75. The van der Waals surface area contributed by atoms with Crippen LogP contribution in [0.25, 0.3) is 11.3 Å². The Morgan fingerprint density at radius 2 is 1.71 bits per heavy atom. The van der Waals surface area contributed by atoms with Gasteiger partial charge >= 0.3 is 0 Å². The van der Waals surface area contributed by atoms with E-state index in [-0.39, 0.29) is 17.6 Å².